The summed E-state index contributed by atoms with van der Waals surface area (Å²) in [5, 5.41) is 13.8. The Morgan fingerprint density at radius 3 is 2.47 bits per heavy atom. The summed E-state index contributed by atoms with van der Waals surface area (Å²) < 4.78 is 0. The molecule has 0 aliphatic heterocycles. The van der Waals surface area contributed by atoms with Crippen LogP contribution in [0.4, 0.5) is 10.5 Å². The SMILES string of the molecule is NC(CC(=O)O)NC(=O)Nc1ccc(Cl)cc1. The smallest absolute Gasteiger partial charge is 0.320 e. The molecule has 0 aromatic heterocycles. The number of hydrogen-bond acceptors (Lipinski definition) is 3. The van der Waals surface area contributed by atoms with Gasteiger partial charge in [0.15, 0.2) is 0 Å². The summed E-state index contributed by atoms with van der Waals surface area (Å²) in [7, 11) is 0. The Bertz CT molecular complexity index is 408. The highest BCUT2D eigenvalue weighted by Gasteiger charge is 2.10. The summed E-state index contributed by atoms with van der Waals surface area (Å²) in [6.45, 7) is 0. The zero-order valence-electron chi connectivity index (χ0n) is 8.81. The molecule has 5 N–H and O–H groups in total. The van der Waals surface area contributed by atoms with Gasteiger partial charge in [-0.25, -0.2) is 4.79 Å². The van der Waals surface area contributed by atoms with Gasteiger partial charge in [0.05, 0.1) is 12.6 Å². The fraction of sp³-hybridized carbons (Fsp3) is 0.200. The number of benzene rings is 1. The van der Waals surface area contributed by atoms with Crippen LogP contribution in [0.5, 0.6) is 0 Å². The van der Waals surface area contributed by atoms with E-state index >= 15 is 0 Å². The van der Waals surface area contributed by atoms with Gasteiger partial charge in [-0.1, -0.05) is 11.6 Å². The minimum atomic E-state index is -1.08. The first kappa shape index (κ1) is 13.3. The number of rotatable bonds is 4. The van der Waals surface area contributed by atoms with Crippen LogP contribution >= 0.6 is 11.6 Å². The average molecular weight is 258 g/mol. The van der Waals surface area contributed by atoms with Crippen LogP contribution in [0.3, 0.4) is 0 Å². The summed E-state index contributed by atoms with van der Waals surface area (Å²) in [6, 6.07) is 5.90. The molecule has 1 rings (SSSR count). The lowest BCUT2D eigenvalue weighted by Gasteiger charge is -2.12. The Morgan fingerprint density at radius 1 is 1.35 bits per heavy atom. The molecule has 0 radical (unpaired) electrons. The van der Waals surface area contributed by atoms with Crippen LogP contribution in [-0.2, 0) is 4.79 Å². The van der Waals surface area contributed by atoms with Gasteiger partial charge in [0.1, 0.15) is 0 Å². The van der Waals surface area contributed by atoms with Crippen molar-refractivity contribution >= 4 is 29.3 Å². The molecule has 1 aromatic carbocycles. The van der Waals surface area contributed by atoms with Gasteiger partial charge in [-0.3, -0.25) is 4.79 Å². The molecule has 0 aliphatic carbocycles. The lowest BCUT2D eigenvalue weighted by Crippen LogP contribution is -2.44. The summed E-state index contributed by atoms with van der Waals surface area (Å²) in [4.78, 5) is 21.7. The maximum Gasteiger partial charge on any atom is 0.320 e. The number of hydrogen-bond donors (Lipinski definition) is 4. The third kappa shape index (κ3) is 5.19. The van der Waals surface area contributed by atoms with Gasteiger partial charge in [0.2, 0.25) is 0 Å². The topological polar surface area (TPSA) is 104 Å². The number of carbonyl (C=O) groups excluding carboxylic acids is 1. The molecule has 0 saturated carbocycles. The van der Waals surface area contributed by atoms with Crippen LogP contribution in [-0.4, -0.2) is 23.3 Å². The number of nitrogens with two attached hydrogens (primary N) is 1. The van der Waals surface area contributed by atoms with Crippen molar-refractivity contribution in [1.29, 1.82) is 0 Å². The molecule has 0 heterocycles. The fourth-order valence-electron chi connectivity index (χ4n) is 1.11. The Kier molecular flexibility index (Phi) is 4.74. The number of carbonyl (C=O) groups is 2. The van der Waals surface area contributed by atoms with Crippen LogP contribution in [0, 0.1) is 0 Å². The quantitative estimate of drug-likeness (QED) is 0.609. The number of carboxylic acids is 1. The first-order valence-corrected chi connectivity index (χ1v) is 5.15. The van der Waals surface area contributed by atoms with Crippen molar-refractivity contribution in [3.8, 4) is 0 Å². The van der Waals surface area contributed by atoms with Crippen LogP contribution in [0.1, 0.15) is 6.42 Å². The van der Waals surface area contributed by atoms with Gasteiger partial charge in [-0.15, -0.1) is 0 Å². The molecule has 7 heteroatoms. The fourth-order valence-corrected chi connectivity index (χ4v) is 1.23. The minimum Gasteiger partial charge on any atom is -0.481 e. The minimum absolute atomic E-state index is 0.339. The van der Waals surface area contributed by atoms with Gasteiger partial charge in [0, 0.05) is 10.7 Å². The molecular formula is C10H12ClN3O3. The van der Waals surface area contributed by atoms with E-state index < -0.39 is 18.2 Å². The van der Waals surface area contributed by atoms with Crippen LogP contribution in [0.2, 0.25) is 5.02 Å². The van der Waals surface area contributed by atoms with Crippen molar-refractivity contribution in [2.75, 3.05) is 5.32 Å². The van der Waals surface area contributed by atoms with E-state index in [1.807, 2.05) is 0 Å². The van der Waals surface area contributed by atoms with Crippen molar-refractivity contribution in [2.24, 2.45) is 5.73 Å². The highest BCUT2D eigenvalue weighted by Crippen LogP contribution is 2.12. The third-order valence-corrected chi connectivity index (χ3v) is 2.07. The predicted molar refractivity (Wildman–Crippen MR) is 63.8 cm³/mol. The number of aliphatic carboxylic acids is 1. The van der Waals surface area contributed by atoms with E-state index in [4.69, 9.17) is 22.4 Å². The second-order valence-corrected chi connectivity index (χ2v) is 3.75. The summed E-state index contributed by atoms with van der Waals surface area (Å²) >= 11 is 5.68. The molecule has 0 aliphatic rings. The number of halogens is 1. The van der Waals surface area contributed by atoms with Crippen molar-refractivity contribution < 1.29 is 14.7 Å². The zero-order valence-corrected chi connectivity index (χ0v) is 9.57. The van der Waals surface area contributed by atoms with E-state index in [2.05, 4.69) is 10.6 Å². The summed E-state index contributed by atoms with van der Waals surface area (Å²) in [5.41, 5.74) is 5.92. The molecule has 0 fully saturated rings. The lowest BCUT2D eigenvalue weighted by atomic mass is 10.3. The molecule has 17 heavy (non-hydrogen) atoms. The van der Waals surface area contributed by atoms with Crippen LogP contribution < -0.4 is 16.4 Å². The second-order valence-electron chi connectivity index (χ2n) is 3.31. The normalized spacial score (nSPS) is 11.6. The Hall–Kier alpha value is -1.79. The molecule has 0 bridgehead atoms. The predicted octanol–water partition coefficient (Wildman–Crippen LogP) is 1.22. The van der Waals surface area contributed by atoms with Gasteiger partial charge in [0.25, 0.3) is 0 Å². The molecule has 2 amide bonds. The average Bonchev–Trinajstić information content (AvgIpc) is 2.19. The van der Waals surface area contributed by atoms with E-state index in [-0.39, 0.29) is 6.42 Å². The van der Waals surface area contributed by atoms with E-state index in [9.17, 15) is 9.59 Å². The van der Waals surface area contributed by atoms with E-state index in [1.54, 1.807) is 24.3 Å². The molecule has 1 aromatic rings. The largest absolute Gasteiger partial charge is 0.481 e. The molecule has 92 valence electrons. The van der Waals surface area contributed by atoms with Crippen molar-refractivity contribution in [1.82, 2.24) is 5.32 Å². The first-order chi connectivity index (χ1) is 7.97. The molecule has 6 nitrogen and oxygen atoms in total. The third-order valence-electron chi connectivity index (χ3n) is 1.81. The molecule has 1 atom stereocenters. The van der Waals surface area contributed by atoms with Gasteiger partial charge in [-0.05, 0) is 24.3 Å². The Balaban J connectivity index is 2.44. The van der Waals surface area contributed by atoms with E-state index in [0.29, 0.717) is 10.7 Å². The van der Waals surface area contributed by atoms with Gasteiger partial charge >= 0.3 is 12.0 Å². The van der Waals surface area contributed by atoms with Crippen molar-refractivity contribution in [3.05, 3.63) is 29.3 Å². The van der Waals surface area contributed by atoms with Crippen molar-refractivity contribution in [3.63, 3.8) is 0 Å². The second kappa shape index (κ2) is 6.07. The highest BCUT2D eigenvalue weighted by molar-refractivity contribution is 6.30. The number of amides is 2. The number of nitrogens with one attached hydrogen (secondary N) is 2. The highest BCUT2D eigenvalue weighted by atomic mass is 35.5. The maximum absolute atomic E-state index is 11.4. The molecule has 0 saturated heterocycles. The number of urea groups is 1. The Labute approximate surface area is 103 Å². The van der Waals surface area contributed by atoms with E-state index in [1.165, 1.54) is 0 Å². The zero-order chi connectivity index (χ0) is 12.8. The number of carboxylic acid groups (broad SMARTS) is 1. The molecule has 1 unspecified atom stereocenters. The van der Waals surface area contributed by atoms with Crippen LogP contribution in [0.25, 0.3) is 0 Å². The monoisotopic (exact) mass is 257 g/mol. The molecular weight excluding hydrogens is 246 g/mol. The molecule has 0 spiro atoms. The van der Waals surface area contributed by atoms with Crippen LogP contribution in [0.15, 0.2) is 24.3 Å². The number of anilines is 1. The van der Waals surface area contributed by atoms with Gasteiger partial charge in [-0.2, -0.15) is 0 Å². The first-order valence-electron chi connectivity index (χ1n) is 4.78. The summed E-state index contributed by atoms with van der Waals surface area (Å²) in [5.74, 6) is -1.08. The van der Waals surface area contributed by atoms with Crippen molar-refractivity contribution in [2.45, 2.75) is 12.6 Å². The summed E-state index contributed by atoms with van der Waals surface area (Å²) in [6.07, 6.45) is -1.27. The Morgan fingerprint density at radius 2 is 1.94 bits per heavy atom. The van der Waals surface area contributed by atoms with Gasteiger partial charge < -0.3 is 21.5 Å². The lowest BCUT2D eigenvalue weighted by molar-refractivity contribution is -0.137. The maximum atomic E-state index is 11.4. The standard InChI is InChI=1S/C10H12ClN3O3/c11-6-1-3-7(4-2-6)13-10(17)14-8(12)5-9(15)16/h1-4,8H,5,12H2,(H,15,16)(H2,13,14,17). The van der Waals surface area contributed by atoms with E-state index in [0.717, 1.165) is 0 Å².